The fourth-order valence-corrected chi connectivity index (χ4v) is 2.25. The predicted octanol–water partition coefficient (Wildman–Crippen LogP) is 3.36. The molecule has 5 heteroatoms. The summed E-state index contributed by atoms with van der Waals surface area (Å²) in [5.74, 6) is 1.68. The van der Waals surface area contributed by atoms with Crippen LogP contribution in [-0.2, 0) is 6.54 Å². The van der Waals surface area contributed by atoms with Crippen LogP contribution in [-0.4, -0.2) is 12.1 Å². The van der Waals surface area contributed by atoms with Gasteiger partial charge in [-0.3, -0.25) is 0 Å². The first-order valence-electron chi connectivity index (χ1n) is 5.88. The van der Waals surface area contributed by atoms with Crippen LogP contribution >= 0.6 is 15.9 Å². The zero-order valence-electron chi connectivity index (χ0n) is 10.9. The molecule has 4 nitrogen and oxygen atoms in total. The van der Waals surface area contributed by atoms with E-state index in [-0.39, 0.29) is 0 Å². The first-order chi connectivity index (χ1) is 9.10. The van der Waals surface area contributed by atoms with Gasteiger partial charge in [0, 0.05) is 16.6 Å². The van der Waals surface area contributed by atoms with Crippen molar-refractivity contribution in [1.29, 1.82) is 0 Å². The van der Waals surface area contributed by atoms with Crippen LogP contribution in [0.15, 0.2) is 34.9 Å². The highest BCUT2D eigenvalue weighted by atomic mass is 79.9. The standard InChI is InChI=1S/C14H16BrN3O/c1-9-5-12(16)8-18-14(9)17-7-10-6-11(15)3-4-13(10)19-2/h3-6,8H,7,16H2,1-2H3,(H,17,18). The number of nitrogens with zero attached hydrogens (tertiary/aromatic N) is 1. The van der Waals surface area contributed by atoms with E-state index in [1.165, 1.54) is 0 Å². The summed E-state index contributed by atoms with van der Waals surface area (Å²) < 4.78 is 6.36. The number of hydrogen-bond acceptors (Lipinski definition) is 4. The average Bonchev–Trinajstić information content (AvgIpc) is 2.38. The molecular weight excluding hydrogens is 306 g/mol. The van der Waals surface area contributed by atoms with E-state index < -0.39 is 0 Å². The zero-order chi connectivity index (χ0) is 13.8. The van der Waals surface area contributed by atoms with E-state index in [0.29, 0.717) is 12.2 Å². The van der Waals surface area contributed by atoms with Crippen molar-refractivity contribution >= 4 is 27.4 Å². The summed E-state index contributed by atoms with van der Waals surface area (Å²) in [5, 5.41) is 3.29. The molecule has 0 saturated heterocycles. The van der Waals surface area contributed by atoms with Gasteiger partial charge in [0.25, 0.3) is 0 Å². The Morgan fingerprint density at radius 1 is 1.37 bits per heavy atom. The van der Waals surface area contributed by atoms with Crippen LogP contribution in [0, 0.1) is 6.92 Å². The van der Waals surface area contributed by atoms with Gasteiger partial charge in [0.1, 0.15) is 11.6 Å². The van der Waals surface area contributed by atoms with E-state index in [0.717, 1.165) is 27.2 Å². The second kappa shape index (κ2) is 5.93. The van der Waals surface area contributed by atoms with Crippen molar-refractivity contribution in [1.82, 2.24) is 4.98 Å². The minimum atomic E-state index is 0.639. The van der Waals surface area contributed by atoms with E-state index in [1.807, 2.05) is 31.2 Å². The predicted molar refractivity (Wildman–Crippen MR) is 81.4 cm³/mol. The van der Waals surface area contributed by atoms with Crippen LogP contribution in [0.1, 0.15) is 11.1 Å². The van der Waals surface area contributed by atoms with E-state index in [1.54, 1.807) is 13.3 Å². The van der Waals surface area contributed by atoms with E-state index in [2.05, 4.69) is 26.2 Å². The minimum absolute atomic E-state index is 0.639. The van der Waals surface area contributed by atoms with Crippen molar-refractivity contribution in [2.24, 2.45) is 0 Å². The van der Waals surface area contributed by atoms with Gasteiger partial charge in [0.05, 0.1) is 19.0 Å². The molecule has 0 fully saturated rings. The fourth-order valence-electron chi connectivity index (χ4n) is 1.85. The van der Waals surface area contributed by atoms with Crippen LogP contribution in [0.5, 0.6) is 5.75 Å². The Balaban J connectivity index is 2.16. The third-order valence-corrected chi connectivity index (χ3v) is 3.28. The number of aromatic nitrogens is 1. The molecule has 2 rings (SSSR count). The maximum absolute atomic E-state index is 5.68. The lowest BCUT2D eigenvalue weighted by atomic mass is 10.2. The van der Waals surface area contributed by atoms with Gasteiger partial charge in [-0.15, -0.1) is 0 Å². The molecule has 1 aromatic heterocycles. The summed E-state index contributed by atoms with van der Waals surface area (Å²) in [7, 11) is 1.67. The van der Waals surface area contributed by atoms with Crippen LogP contribution in [0.3, 0.4) is 0 Å². The Labute approximate surface area is 121 Å². The first kappa shape index (κ1) is 13.7. The molecule has 0 bridgehead atoms. The van der Waals surface area contributed by atoms with E-state index in [9.17, 15) is 0 Å². The summed E-state index contributed by atoms with van der Waals surface area (Å²) in [6, 6.07) is 7.81. The highest BCUT2D eigenvalue weighted by Gasteiger charge is 2.05. The fraction of sp³-hybridized carbons (Fsp3) is 0.214. The van der Waals surface area contributed by atoms with Gasteiger partial charge in [-0.2, -0.15) is 0 Å². The molecule has 3 N–H and O–H groups in total. The number of nitrogen functional groups attached to an aromatic ring is 1. The van der Waals surface area contributed by atoms with Crippen molar-refractivity contribution in [3.05, 3.63) is 46.1 Å². The number of pyridine rings is 1. The Bertz CT molecular complexity index is 587. The summed E-state index contributed by atoms with van der Waals surface area (Å²) in [6.45, 7) is 2.62. The summed E-state index contributed by atoms with van der Waals surface area (Å²) in [4.78, 5) is 4.28. The molecule has 0 amide bonds. The molecule has 0 aliphatic carbocycles. The topological polar surface area (TPSA) is 60.2 Å². The van der Waals surface area contributed by atoms with Crippen molar-refractivity contribution in [3.63, 3.8) is 0 Å². The van der Waals surface area contributed by atoms with Crippen LogP contribution in [0.2, 0.25) is 0 Å². The number of nitrogens with one attached hydrogen (secondary N) is 1. The maximum atomic E-state index is 5.68. The monoisotopic (exact) mass is 321 g/mol. The smallest absolute Gasteiger partial charge is 0.129 e. The van der Waals surface area contributed by atoms with Crippen LogP contribution in [0.25, 0.3) is 0 Å². The molecule has 0 unspecified atom stereocenters. The maximum Gasteiger partial charge on any atom is 0.129 e. The van der Waals surface area contributed by atoms with Crippen molar-refractivity contribution in [3.8, 4) is 5.75 Å². The van der Waals surface area contributed by atoms with E-state index >= 15 is 0 Å². The number of benzene rings is 1. The van der Waals surface area contributed by atoms with Crippen molar-refractivity contribution in [2.75, 3.05) is 18.2 Å². The SMILES string of the molecule is COc1ccc(Br)cc1CNc1ncc(N)cc1C. The third kappa shape index (κ3) is 3.38. The number of rotatable bonds is 4. The number of methoxy groups -OCH3 is 1. The molecule has 0 aliphatic rings. The number of hydrogen-bond donors (Lipinski definition) is 2. The van der Waals surface area contributed by atoms with Crippen LogP contribution < -0.4 is 15.8 Å². The lowest BCUT2D eigenvalue weighted by Crippen LogP contribution is -2.05. The molecule has 0 radical (unpaired) electrons. The molecule has 0 saturated carbocycles. The first-order valence-corrected chi connectivity index (χ1v) is 6.68. The number of aryl methyl sites for hydroxylation is 1. The van der Waals surface area contributed by atoms with Gasteiger partial charge in [-0.1, -0.05) is 15.9 Å². The third-order valence-electron chi connectivity index (χ3n) is 2.79. The average molecular weight is 322 g/mol. The summed E-state index contributed by atoms with van der Waals surface area (Å²) in [6.07, 6.45) is 1.65. The quantitative estimate of drug-likeness (QED) is 0.906. The molecule has 1 heterocycles. The molecule has 0 spiro atoms. The van der Waals surface area contributed by atoms with Gasteiger partial charge in [-0.25, -0.2) is 4.98 Å². The number of ether oxygens (including phenoxy) is 1. The number of nitrogens with two attached hydrogens (primary N) is 1. The van der Waals surface area contributed by atoms with Gasteiger partial charge < -0.3 is 15.8 Å². The van der Waals surface area contributed by atoms with Crippen molar-refractivity contribution < 1.29 is 4.74 Å². The molecule has 100 valence electrons. The molecule has 0 atom stereocenters. The second-order valence-electron chi connectivity index (χ2n) is 4.24. The lowest BCUT2D eigenvalue weighted by Gasteiger charge is -2.12. The minimum Gasteiger partial charge on any atom is -0.496 e. The van der Waals surface area contributed by atoms with Gasteiger partial charge in [0.2, 0.25) is 0 Å². The Morgan fingerprint density at radius 3 is 2.84 bits per heavy atom. The highest BCUT2D eigenvalue weighted by Crippen LogP contribution is 2.24. The number of halogens is 1. The van der Waals surface area contributed by atoms with Gasteiger partial charge >= 0.3 is 0 Å². The van der Waals surface area contributed by atoms with Crippen molar-refractivity contribution in [2.45, 2.75) is 13.5 Å². The van der Waals surface area contributed by atoms with Crippen LogP contribution in [0.4, 0.5) is 11.5 Å². The van der Waals surface area contributed by atoms with E-state index in [4.69, 9.17) is 10.5 Å². The molecule has 19 heavy (non-hydrogen) atoms. The second-order valence-corrected chi connectivity index (χ2v) is 5.16. The van der Waals surface area contributed by atoms with Gasteiger partial charge in [-0.05, 0) is 36.8 Å². The Kier molecular flexibility index (Phi) is 4.27. The zero-order valence-corrected chi connectivity index (χ0v) is 12.5. The molecule has 1 aromatic carbocycles. The lowest BCUT2D eigenvalue weighted by molar-refractivity contribution is 0.410. The largest absolute Gasteiger partial charge is 0.496 e. The summed E-state index contributed by atoms with van der Waals surface area (Å²) in [5.41, 5.74) is 8.44. The normalized spacial score (nSPS) is 10.3. The summed E-state index contributed by atoms with van der Waals surface area (Å²) >= 11 is 3.46. The molecule has 0 aliphatic heterocycles. The number of anilines is 2. The highest BCUT2D eigenvalue weighted by molar-refractivity contribution is 9.10. The van der Waals surface area contributed by atoms with Gasteiger partial charge in [0.15, 0.2) is 0 Å². The Hall–Kier alpha value is -1.75. The molecule has 2 aromatic rings. The Morgan fingerprint density at radius 2 is 2.16 bits per heavy atom. The molecular formula is C14H16BrN3O.